The van der Waals surface area contributed by atoms with Gasteiger partial charge in [-0.15, -0.1) is 0 Å². The van der Waals surface area contributed by atoms with Crippen molar-refractivity contribution in [2.24, 2.45) is 17.4 Å². The van der Waals surface area contributed by atoms with Crippen LogP contribution in [-0.4, -0.2) is 28.9 Å². The summed E-state index contributed by atoms with van der Waals surface area (Å²) in [7, 11) is 0. The molecule has 0 aliphatic carbocycles. The quantitative estimate of drug-likeness (QED) is 0.818. The van der Waals surface area contributed by atoms with E-state index >= 15 is 0 Å². The maximum atomic E-state index is 13.8. The Morgan fingerprint density at radius 1 is 1.35 bits per heavy atom. The van der Waals surface area contributed by atoms with Crippen LogP contribution in [0.1, 0.15) is 24.0 Å². The minimum absolute atomic E-state index is 0.0564. The first-order chi connectivity index (χ1) is 9.47. The second-order valence-corrected chi connectivity index (χ2v) is 5.56. The summed E-state index contributed by atoms with van der Waals surface area (Å²) < 4.78 is 13.8. The molecule has 6 heteroatoms. The van der Waals surface area contributed by atoms with Crippen molar-refractivity contribution in [2.75, 3.05) is 13.1 Å². The fraction of sp³-hybridized carbons (Fsp3) is 0.429. The van der Waals surface area contributed by atoms with E-state index in [1.54, 1.807) is 12.1 Å². The van der Waals surface area contributed by atoms with Gasteiger partial charge in [-0.1, -0.05) is 12.2 Å². The minimum atomic E-state index is -0.262. The third-order valence-electron chi connectivity index (χ3n) is 3.71. The van der Waals surface area contributed by atoms with E-state index in [0.717, 1.165) is 25.9 Å². The fourth-order valence-corrected chi connectivity index (χ4v) is 2.59. The van der Waals surface area contributed by atoms with Gasteiger partial charge in [0, 0.05) is 23.6 Å². The maximum Gasteiger partial charge on any atom is 0.220 e. The first-order valence-corrected chi connectivity index (χ1v) is 6.98. The number of nitrogens with zero attached hydrogens (tertiary/aromatic N) is 1. The van der Waals surface area contributed by atoms with Crippen LogP contribution in [-0.2, 0) is 11.3 Å². The number of nitrogens with two attached hydrogens (primary N) is 2. The molecule has 1 amide bonds. The normalized spacial score (nSPS) is 17.1. The van der Waals surface area contributed by atoms with Crippen LogP contribution in [0, 0.1) is 11.7 Å². The SMILES string of the molecule is NC(=O)C1CCN(Cc2cc(C(N)=S)ccc2F)CC1. The predicted octanol–water partition coefficient (Wildman–Crippen LogP) is 1.16. The predicted molar refractivity (Wildman–Crippen MR) is 79.5 cm³/mol. The van der Waals surface area contributed by atoms with E-state index in [9.17, 15) is 9.18 Å². The van der Waals surface area contributed by atoms with E-state index in [1.165, 1.54) is 6.07 Å². The van der Waals surface area contributed by atoms with Crippen molar-refractivity contribution in [3.8, 4) is 0 Å². The fourth-order valence-electron chi connectivity index (χ4n) is 2.47. The number of halogens is 1. The van der Waals surface area contributed by atoms with Crippen molar-refractivity contribution in [3.05, 3.63) is 35.1 Å². The average molecular weight is 295 g/mol. The molecule has 4 N–H and O–H groups in total. The summed E-state index contributed by atoms with van der Waals surface area (Å²) >= 11 is 4.90. The highest BCUT2D eigenvalue weighted by atomic mass is 32.1. The van der Waals surface area contributed by atoms with Gasteiger partial charge in [-0.2, -0.15) is 0 Å². The summed E-state index contributed by atoms with van der Waals surface area (Å²) in [5, 5.41) is 0. The lowest BCUT2D eigenvalue weighted by Gasteiger charge is -2.30. The highest BCUT2D eigenvalue weighted by molar-refractivity contribution is 7.80. The van der Waals surface area contributed by atoms with Gasteiger partial charge in [0.25, 0.3) is 0 Å². The van der Waals surface area contributed by atoms with E-state index < -0.39 is 0 Å². The van der Waals surface area contributed by atoms with Crippen molar-refractivity contribution in [1.82, 2.24) is 4.90 Å². The van der Waals surface area contributed by atoms with Crippen LogP contribution < -0.4 is 11.5 Å². The zero-order valence-electron chi connectivity index (χ0n) is 11.1. The smallest absolute Gasteiger partial charge is 0.220 e. The molecule has 0 saturated carbocycles. The largest absolute Gasteiger partial charge is 0.389 e. The summed E-state index contributed by atoms with van der Waals surface area (Å²) in [5.41, 5.74) is 12.1. The molecule has 108 valence electrons. The van der Waals surface area contributed by atoms with Crippen molar-refractivity contribution < 1.29 is 9.18 Å². The van der Waals surface area contributed by atoms with Crippen LogP contribution in [0.15, 0.2) is 18.2 Å². The van der Waals surface area contributed by atoms with Crippen LogP contribution in [0.4, 0.5) is 4.39 Å². The molecule has 4 nitrogen and oxygen atoms in total. The first-order valence-electron chi connectivity index (χ1n) is 6.57. The van der Waals surface area contributed by atoms with Gasteiger partial charge < -0.3 is 11.5 Å². The molecular formula is C14H18FN3OS. The van der Waals surface area contributed by atoms with Gasteiger partial charge in [0.15, 0.2) is 0 Å². The summed E-state index contributed by atoms with van der Waals surface area (Å²) in [6.45, 7) is 1.97. The third kappa shape index (κ3) is 3.52. The average Bonchev–Trinajstić information content (AvgIpc) is 2.41. The van der Waals surface area contributed by atoms with E-state index in [1.807, 2.05) is 0 Å². The minimum Gasteiger partial charge on any atom is -0.389 e. The first kappa shape index (κ1) is 14.9. The molecule has 1 heterocycles. The monoisotopic (exact) mass is 295 g/mol. The number of likely N-dealkylation sites (tertiary alicyclic amines) is 1. The molecule has 0 spiro atoms. The number of primary amides is 1. The number of carbonyl (C=O) groups is 1. The van der Waals surface area contributed by atoms with Gasteiger partial charge in [-0.25, -0.2) is 4.39 Å². The Kier molecular flexibility index (Phi) is 4.67. The van der Waals surface area contributed by atoms with Crippen LogP contribution in [0.25, 0.3) is 0 Å². The molecule has 1 aliphatic heterocycles. The molecule has 1 saturated heterocycles. The van der Waals surface area contributed by atoms with Crippen LogP contribution in [0.5, 0.6) is 0 Å². The molecule has 1 aromatic rings. The number of piperidine rings is 1. The molecular weight excluding hydrogens is 277 g/mol. The molecule has 0 radical (unpaired) electrons. The number of carbonyl (C=O) groups excluding carboxylic acids is 1. The lowest BCUT2D eigenvalue weighted by molar-refractivity contribution is -0.123. The second kappa shape index (κ2) is 6.28. The van der Waals surface area contributed by atoms with Gasteiger partial charge >= 0.3 is 0 Å². The van der Waals surface area contributed by atoms with Crippen molar-refractivity contribution in [1.29, 1.82) is 0 Å². The molecule has 0 unspecified atom stereocenters. The summed E-state index contributed by atoms with van der Waals surface area (Å²) in [6, 6.07) is 4.66. The molecule has 2 rings (SSSR count). The Morgan fingerprint density at radius 3 is 2.55 bits per heavy atom. The van der Waals surface area contributed by atoms with E-state index in [2.05, 4.69) is 4.90 Å². The van der Waals surface area contributed by atoms with Crippen LogP contribution in [0.2, 0.25) is 0 Å². The molecule has 0 atom stereocenters. The van der Waals surface area contributed by atoms with Crippen LogP contribution in [0.3, 0.4) is 0 Å². The van der Waals surface area contributed by atoms with Gasteiger partial charge in [-0.3, -0.25) is 9.69 Å². The third-order valence-corrected chi connectivity index (χ3v) is 3.95. The second-order valence-electron chi connectivity index (χ2n) is 5.12. The number of amides is 1. The molecule has 20 heavy (non-hydrogen) atoms. The summed E-state index contributed by atoms with van der Waals surface area (Å²) in [4.78, 5) is 13.5. The van der Waals surface area contributed by atoms with Crippen LogP contribution >= 0.6 is 12.2 Å². The van der Waals surface area contributed by atoms with Gasteiger partial charge in [0.05, 0.1) is 0 Å². The Hall–Kier alpha value is -1.53. The highest BCUT2D eigenvalue weighted by Gasteiger charge is 2.23. The Labute approximate surface area is 122 Å². The van der Waals surface area contributed by atoms with E-state index in [0.29, 0.717) is 17.7 Å². The molecule has 0 aromatic heterocycles. The van der Waals surface area contributed by atoms with E-state index in [4.69, 9.17) is 23.7 Å². The lowest BCUT2D eigenvalue weighted by atomic mass is 9.96. The lowest BCUT2D eigenvalue weighted by Crippen LogP contribution is -2.38. The zero-order chi connectivity index (χ0) is 14.7. The summed E-state index contributed by atoms with van der Waals surface area (Å²) in [5.74, 6) is -0.563. The molecule has 1 fully saturated rings. The maximum absolute atomic E-state index is 13.8. The standard InChI is InChI=1S/C14H18FN3OS/c15-12-2-1-10(14(17)20)7-11(12)8-18-5-3-9(4-6-18)13(16)19/h1-2,7,9H,3-6,8H2,(H2,16,19)(H2,17,20). The Morgan fingerprint density at radius 2 is 2.00 bits per heavy atom. The topological polar surface area (TPSA) is 72.4 Å². The number of hydrogen-bond acceptors (Lipinski definition) is 3. The molecule has 0 bridgehead atoms. The van der Waals surface area contributed by atoms with Crippen molar-refractivity contribution in [3.63, 3.8) is 0 Å². The highest BCUT2D eigenvalue weighted by Crippen LogP contribution is 2.20. The van der Waals surface area contributed by atoms with Crippen molar-refractivity contribution >= 4 is 23.1 Å². The number of benzene rings is 1. The Bertz CT molecular complexity index is 527. The van der Waals surface area contributed by atoms with Gasteiger partial charge in [0.2, 0.25) is 5.91 Å². The van der Waals surface area contributed by atoms with Crippen molar-refractivity contribution in [2.45, 2.75) is 19.4 Å². The number of hydrogen-bond donors (Lipinski definition) is 2. The zero-order valence-corrected chi connectivity index (χ0v) is 12.0. The number of rotatable bonds is 4. The van der Waals surface area contributed by atoms with Gasteiger partial charge in [0.1, 0.15) is 10.8 Å². The Balaban J connectivity index is 2.02. The molecule has 1 aromatic carbocycles. The number of thiocarbonyl (C=S) groups is 1. The summed E-state index contributed by atoms with van der Waals surface area (Å²) in [6.07, 6.45) is 1.46. The molecule has 1 aliphatic rings. The van der Waals surface area contributed by atoms with Gasteiger partial charge in [-0.05, 0) is 44.1 Å². The van der Waals surface area contributed by atoms with E-state index in [-0.39, 0.29) is 22.6 Å².